The van der Waals surface area contributed by atoms with Gasteiger partial charge in [0.2, 0.25) is 0 Å². The zero-order chi connectivity index (χ0) is 17.7. The fourth-order valence-electron chi connectivity index (χ4n) is 2.45. The SMILES string of the molecule is C=C[C@@H](c1ccccc1)[C@H](NS(=O)C(C)(C)C)c1ccc(Br)cc1. The van der Waals surface area contributed by atoms with Gasteiger partial charge >= 0.3 is 0 Å². The Morgan fingerprint density at radius 3 is 2.12 bits per heavy atom. The number of benzene rings is 2. The lowest BCUT2D eigenvalue weighted by Crippen LogP contribution is -2.37. The molecule has 128 valence electrons. The Kier molecular flexibility index (Phi) is 6.55. The van der Waals surface area contributed by atoms with Crippen LogP contribution in [0, 0.1) is 0 Å². The highest BCUT2D eigenvalue weighted by Crippen LogP contribution is 2.33. The Morgan fingerprint density at radius 1 is 1.04 bits per heavy atom. The van der Waals surface area contributed by atoms with Crippen LogP contribution in [0.3, 0.4) is 0 Å². The van der Waals surface area contributed by atoms with Gasteiger partial charge in [0, 0.05) is 10.4 Å². The summed E-state index contributed by atoms with van der Waals surface area (Å²) in [4.78, 5) is 0. The summed E-state index contributed by atoms with van der Waals surface area (Å²) < 4.78 is 16.7. The van der Waals surface area contributed by atoms with Crippen LogP contribution in [-0.4, -0.2) is 8.96 Å². The van der Waals surface area contributed by atoms with Gasteiger partial charge in [0.05, 0.1) is 21.8 Å². The highest BCUT2D eigenvalue weighted by molar-refractivity contribution is 9.10. The van der Waals surface area contributed by atoms with Crippen molar-refractivity contribution in [1.29, 1.82) is 0 Å². The van der Waals surface area contributed by atoms with E-state index in [0.29, 0.717) is 0 Å². The van der Waals surface area contributed by atoms with Gasteiger partial charge in [-0.2, -0.15) is 0 Å². The van der Waals surface area contributed by atoms with Crippen molar-refractivity contribution in [2.45, 2.75) is 37.5 Å². The molecule has 0 aliphatic rings. The van der Waals surface area contributed by atoms with E-state index in [1.165, 1.54) is 0 Å². The predicted octanol–water partition coefficient (Wildman–Crippen LogP) is 5.51. The second-order valence-corrected chi connectivity index (χ2v) is 9.61. The zero-order valence-electron chi connectivity index (χ0n) is 14.3. The summed E-state index contributed by atoms with van der Waals surface area (Å²) in [6.07, 6.45) is 1.93. The number of nitrogens with one attached hydrogen (secondary N) is 1. The summed E-state index contributed by atoms with van der Waals surface area (Å²) in [5.74, 6) is 0.0266. The lowest BCUT2D eigenvalue weighted by molar-refractivity contribution is 0.566. The van der Waals surface area contributed by atoms with E-state index in [1.807, 2.05) is 57.2 Å². The van der Waals surface area contributed by atoms with E-state index in [9.17, 15) is 4.21 Å². The van der Waals surface area contributed by atoms with Crippen molar-refractivity contribution >= 4 is 26.9 Å². The molecule has 24 heavy (non-hydrogen) atoms. The molecule has 0 aliphatic heterocycles. The highest BCUT2D eigenvalue weighted by Gasteiger charge is 2.28. The molecule has 0 amide bonds. The molecule has 2 rings (SSSR count). The molecule has 0 aromatic heterocycles. The van der Waals surface area contributed by atoms with Gasteiger partial charge in [0.15, 0.2) is 0 Å². The minimum Gasteiger partial charge on any atom is -0.242 e. The first-order valence-electron chi connectivity index (χ1n) is 7.94. The maximum atomic E-state index is 12.7. The van der Waals surface area contributed by atoms with E-state index in [4.69, 9.17) is 0 Å². The second-order valence-electron chi connectivity index (χ2n) is 6.70. The third kappa shape index (κ3) is 4.88. The minimum absolute atomic E-state index is 0.0266. The molecular formula is C20H24BrNOS. The summed E-state index contributed by atoms with van der Waals surface area (Å²) in [7, 11) is -1.18. The average molecular weight is 406 g/mol. The van der Waals surface area contributed by atoms with Gasteiger partial charge in [-0.25, -0.2) is 8.93 Å². The van der Waals surface area contributed by atoms with Gasteiger partial charge in [-0.3, -0.25) is 0 Å². The van der Waals surface area contributed by atoms with Crippen molar-refractivity contribution < 1.29 is 4.21 Å². The van der Waals surface area contributed by atoms with Crippen molar-refractivity contribution in [1.82, 2.24) is 4.72 Å². The standard InChI is InChI=1S/C20H24BrNOS/c1-5-18(15-9-7-6-8-10-15)19(22-24(23)20(2,3)4)16-11-13-17(21)14-12-16/h5-14,18-19,22H,1H2,2-4H3/t18-,19+,24?/m0/s1. The Bertz CT molecular complexity index is 692. The van der Waals surface area contributed by atoms with Crippen LogP contribution < -0.4 is 4.72 Å². The number of hydrogen-bond acceptors (Lipinski definition) is 1. The normalized spacial score (nSPS) is 15.5. The summed E-state index contributed by atoms with van der Waals surface area (Å²) in [6, 6.07) is 18.2. The molecule has 0 bridgehead atoms. The lowest BCUT2D eigenvalue weighted by Gasteiger charge is -2.29. The summed E-state index contributed by atoms with van der Waals surface area (Å²) in [6.45, 7) is 9.94. The van der Waals surface area contributed by atoms with Gasteiger partial charge in [0.25, 0.3) is 0 Å². The fraction of sp³-hybridized carbons (Fsp3) is 0.300. The first kappa shape index (κ1) is 19.1. The molecule has 3 atom stereocenters. The van der Waals surface area contributed by atoms with Crippen molar-refractivity contribution in [2.24, 2.45) is 0 Å². The minimum atomic E-state index is -1.18. The number of hydrogen-bond donors (Lipinski definition) is 1. The van der Waals surface area contributed by atoms with Gasteiger partial charge in [-0.15, -0.1) is 6.58 Å². The number of halogens is 1. The van der Waals surface area contributed by atoms with E-state index < -0.39 is 11.0 Å². The Balaban J connectivity index is 2.43. The van der Waals surface area contributed by atoms with Gasteiger partial charge in [0.1, 0.15) is 0 Å². The Morgan fingerprint density at radius 2 is 1.62 bits per heavy atom. The van der Waals surface area contributed by atoms with Crippen LogP contribution in [-0.2, 0) is 11.0 Å². The van der Waals surface area contributed by atoms with Crippen LogP contribution in [0.15, 0.2) is 71.7 Å². The Labute approximate surface area is 156 Å². The molecule has 4 heteroatoms. The maximum absolute atomic E-state index is 12.7. The summed E-state index contributed by atoms with van der Waals surface area (Å²) in [5, 5.41) is 0. The zero-order valence-corrected chi connectivity index (χ0v) is 16.7. The fourth-order valence-corrected chi connectivity index (χ4v) is 3.58. The van der Waals surface area contributed by atoms with Crippen molar-refractivity contribution in [2.75, 3.05) is 0 Å². The highest BCUT2D eigenvalue weighted by atomic mass is 79.9. The third-order valence-electron chi connectivity index (χ3n) is 3.82. The summed E-state index contributed by atoms with van der Waals surface area (Å²) >= 11 is 3.48. The molecule has 2 aromatic rings. The molecular weight excluding hydrogens is 382 g/mol. The molecule has 2 nitrogen and oxygen atoms in total. The van der Waals surface area contributed by atoms with Gasteiger partial charge in [-0.1, -0.05) is 64.5 Å². The lowest BCUT2D eigenvalue weighted by atomic mass is 9.88. The van der Waals surface area contributed by atoms with Crippen molar-refractivity contribution in [3.63, 3.8) is 0 Å². The molecule has 0 heterocycles. The second kappa shape index (κ2) is 8.24. The molecule has 0 fully saturated rings. The van der Waals surface area contributed by atoms with Crippen LogP contribution in [0.5, 0.6) is 0 Å². The van der Waals surface area contributed by atoms with E-state index in [2.05, 4.69) is 51.5 Å². The first-order valence-corrected chi connectivity index (χ1v) is 9.88. The smallest absolute Gasteiger partial charge is 0.0976 e. The van der Waals surface area contributed by atoms with Gasteiger partial charge in [-0.05, 0) is 44.0 Å². The first-order chi connectivity index (χ1) is 11.3. The molecule has 0 saturated carbocycles. The van der Waals surface area contributed by atoms with E-state index in [-0.39, 0.29) is 16.7 Å². The van der Waals surface area contributed by atoms with Crippen molar-refractivity contribution in [3.05, 3.63) is 82.9 Å². The van der Waals surface area contributed by atoms with Crippen molar-refractivity contribution in [3.8, 4) is 0 Å². The van der Waals surface area contributed by atoms with Crippen LogP contribution in [0.25, 0.3) is 0 Å². The predicted molar refractivity (Wildman–Crippen MR) is 107 cm³/mol. The van der Waals surface area contributed by atoms with Gasteiger partial charge < -0.3 is 0 Å². The van der Waals surface area contributed by atoms with Crippen LogP contribution in [0.4, 0.5) is 0 Å². The van der Waals surface area contributed by atoms with E-state index >= 15 is 0 Å². The van der Waals surface area contributed by atoms with E-state index in [1.54, 1.807) is 0 Å². The molecule has 1 unspecified atom stereocenters. The summed E-state index contributed by atoms with van der Waals surface area (Å²) in [5.41, 5.74) is 2.24. The number of rotatable bonds is 6. The third-order valence-corrected chi connectivity index (χ3v) is 5.93. The maximum Gasteiger partial charge on any atom is 0.0976 e. The van der Waals surface area contributed by atoms with Crippen LogP contribution >= 0.6 is 15.9 Å². The van der Waals surface area contributed by atoms with E-state index in [0.717, 1.165) is 15.6 Å². The quantitative estimate of drug-likeness (QED) is 0.630. The molecule has 0 spiro atoms. The topological polar surface area (TPSA) is 29.1 Å². The molecule has 2 aromatic carbocycles. The Hall–Kier alpha value is -1.23. The molecule has 0 saturated heterocycles. The van der Waals surface area contributed by atoms with Crippen LogP contribution in [0.2, 0.25) is 0 Å². The molecule has 0 radical (unpaired) electrons. The largest absolute Gasteiger partial charge is 0.242 e. The molecule has 0 aliphatic carbocycles. The molecule has 1 N–H and O–H groups in total. The van der Waals surface area contributed by atoms with Crippen LogP contribution in [0.1, 0.15) is 43.9 Å². The average Bonchev–Trinajstić information content (AvgIpc) is 2.55. The monoisotopic (exact) mass is 405 g/mol.